The Kier molecular flexibility index (Phi) is 6.04. The van der Waals surface area contributed by atoms with Crippen LogP contribution in [-0.4, -0.2) is 10.7 Å². The summed E-state index contributed by atoms with van der Waals surface area (Å²) in [5.41, 5.74) is 2.20. The van der Waals surface area contributed by atoms with Gasteiger partial charge < -0.3 is 10.4 Å². The summed E-state index contributed by atoms with van der Waals surface area (Å²) < 4.78 is 0. The number of piperidine rings is 1. The van der Waals surface area contributed by atoms with Crippen LogP contribution in [0.15, 0.2) is 91.0 Å². The summed E-state index contributed by atoms with van der Waals surface area (Å²) in [5.74, 6) is 6.79. The smallest absolute Gasteiger partial charge is 0.132 e. The molecule has 0 unspecified atom stereocenters. The number of hydrogen-bond donors (Lipinski definition) is 2. The molecule has 2 nitrogen and oxygen atoms in total. The third-order valence-electron chi connectivity index (χ3n) is 6.08. The fourth-order valence-corrected chi connectivity index (χ4v) is 4.74. The van der Waals surface area contributed by atoms with E-state index in [9.17, 15) is 5.11 Å². The molecule has 0 saturated carbocycles. The van der Waals surface area contributed by atoms with Crippen molar-refractivity contribution in [3.05, 3.63) is 108 Å². The number of aliphatic hydroxyl groups is 1. The first-order valence-corrected chi connectivity index (χ1v) is 10.7. The predicted molar refractivity (Wildman–Crippen MR) is 123 cm³/mol. The number of nitrogens with one attached hydrogen (secondary N) is 1. The predicted octanol–water partition coefficient (Wildman–Crippen LogP) is 5.52. The molecule has 1 aliphatic heterocycles. The summed E-state index contributed by atoms with van der Waals surface area (Å²) in [7, 11) is 0. The number of benzene rings is 3. The summed E-state index contributed by atoms with van der Waals surface area (Å²) in [6.07, 6.45) is 0.559. The molecule has 152 valence electrons. The van der Waals surface area contributed by atoms with Crippen LogP contribution in [0.2, 0.25) is 0 Å². The Morgan fingerprint density at radius 2 is 1.37 bits per heavy atom. The summed E-state index contributed by atoms with van der Waals surface area (Å²) >= 11 is 0. The maximum atomic E-state index is 12.0. The normalized spacial score (nSPS) is 26.1. The van der Waals surface area contributed by atoms with Crippen LogP contribution in [0.5, 0.6) is 0 Å². The molecule has 0 radical (unpaired) electrons. The minimum atomic E-state index is -1.10. The van der Waals surface area contributed by atoms with Crippen LogP contribution in [0.1, 0.15) is 49.0 Å². The lowest BCUT2D eigenvalue weighted by Gasteiger charge is -2.48. The SMILES string of the molecule is CC(C)[C@@H]1[C@H](c2ccccc2)N[C@@H](c2ccccc2)C[C@@]1(O)C#Cc1ccccc1. The van der Waals surface area contributed by atoms with Gasteiger partial charge in [0.2, 0.25) is 0 Å². The molecule has 0 aromatic heterocycles. The molecule has 0 amide bonds. The molecule has 1 saturated heterocycles. The monoisotopic (exact) mass is 395 g/mol. The van der Waals surface area contributed by atoms with Gasteiger partial charge in [0.25, 0.3) is 0 Å². The Bertz CT molecular complexity index is 1000. The molecular formula is C28H29NO. The molecule has 2 heteroatoms. The Morgan fingerprint density at radius 1 is 0.833 bits per heavy atom. The number of rotatable bonds is 3. The zero-order valence-corrected chi connectivity index (χ0v) is 17.6. The highest BCUT2D eigenvalue weighted by Gasteiger charge is 2.48. The molecule has 1 aliphatic rings. The highest BCUT2D eigenvalue weighted by Crippen LogP contribution is 2.46. The van der Waals surface area contributed by atoms with Gasteiger partial charge >= 0.3 is 0 Å². The molecular weight excluding hydrogens is 366 g/mol. The third-order valence-corrected chi connectivity index (χ3v) is 6.08. The van der Waals surface area contributed by atoms with Crippen molar-refractivity contribution < 1.29 is 5.11 Å². The van der Waals surface area contributed by atoms with Crippen LogP contribution in [-0.2, 0) is 0 Å². The molecule has 4 atom stereocenters. The maximum Gasteiger partial charge on any atom is 0.132 e. The van der Waals surface area contributed by atoms with E-state index in [1.807, 2.05) is 42.5 Å². The molecule has 0 bridgehead atoms. The van der Waals surface area contributed by atoms with E-state index in [2.05, 4.69) is 79.5 Å². The summed E-state index contributed by atoms with van der Waals surface area (Å²) in [6, 6.07) is 30.8. The van der Waals surface area contributed by atoms with Crippen molar-refractivity contribution in [1.82, 2.24) is 5.32 Å². The topological polar surface area (TPSA) is 32.3 Å². The molecule has 3 aromatic rings. The fourth-order valence-electron chi connectivity index (χ4n) is 4.74. The second-order valence-corrected chi connectivity index (χ2v) is 8.53. The standard InChI is InChI=1S/C28H29NO/c1-21(2)26-27(24-16-10-5-11-17-24)29-25(23-14-8-4-9-15-23)20-28(26,30)19-18-22-12-6-3-7-13-22/h3-17,21,25-27,29-30H,20H2,1-2H3/t25-,26-,27+,28+/m1/s1. The van der Waals surface area contributed by atoms with E-state index >= 15 is 0 Å². The van der Waals surface area contributed by atoms with Gasteiger partial charge in [-0.2, -0.15) is 0 Å². The van der Waals surface area contributed by atoms with Crippen LogP contribution in [0.25, 0.3) is 0 Å². The zero-order valence-electron chi connectivity index (χ0n) is 17.6. The van der Waals surface area contributed by atoms with Crippen molar-refractivity contribution in [2.24, 2.45) is 11.8 Å². The van der Waals surface area contributed by atoms with Crippen LogP contribution in [0.4, 0.5) is 0 Å². The van der Waals surface area contributed by atoms with Gasteiger partial charge in [-0.1, -0.05) is 105 Å². The van der Waals surface area contributed by atoms with Gasteiger partial charge in [0.1, 0.15) is 5.60 Å². The van der Waals surface area contributed by atoms with Gasteiger partial charge in [0.15, 0.2) is 0 Å². The largest absolute Gasteiger partial charge is 0.377 e. The van der Waals surface area contributed by atoms with Gasteiger partial charge in [-0.15, -0.1) is 0 Å². The lowest BCUT2D eigenvalue weighted by molar-refractivity contribution is -0.0478. The van der Waals surface area contributed by atoms with E-state index in [0.29, 0.717) is 6.42 Å². The molecule has 1 heterocycles. The Morgan fingerprint density at radius 3 is 1.93 bits per heavy atom. The van der Waals surface area contributed by atoms with E-state index in [4.69, 9.17) is 0 Å². The minimum absolute atomic E-state index is 0.0141. The van der Waals surface area contributed by atoms with Gasteiger partial charge in [-0.05, 0) is 29.2 Å². The Balaban J connectivity index is 1.79. The molecule has 3 aromatic carbocycles. The van der Waals surface area contributed by atoms with Crippen molar-refractivity contribution >= 4 is 0 Å². The molecule has 1 fully saturated rings. The molecule has 4 rings (SSSR count). The van der Waals surface area contributed by atoms with E-state index in [-0.39, 0.29) is 23.9 Å². The van der Waals surface area contributed by atoms with Crippen molar-refractivity contribution in [3.8, 4) is 11.8 Å². The first-order chi connectivity index (χ1) is 14.6. The van der Waals surface area contributed by atoms with Gasteiger partial charge in [0, 0.05) is 30.0 Å². The van der Waals surface area contributed by atoms with Gasteiger partial charge in [-0.25, -0.2) is 0 Å². The van der Waals surface area contributed by atoms with E-state index < -0.39 is 5.60 Å². The second kappa shape index (κ2) is 8.88. The Hall–Kier alpha value is -2.86. The third kappa shape index (κ3) is 4.33. The number of hydrogen-bond acceptors (Lipinski definition) is 2. The second-order valence-electron chi connectivity index (χ2n) is 8.53. The summed E-state index contributed by atoms with van der Waals surface area (Å²) in [4.78, 5) is 0. The van der Waals surface area contributed by atoms with Gasteiger partial charge in [-0.3, -0.25) is 0 Å². The van der Waals surface area contributed by atoms with E-state index in [1.165, 1.54) is 11.1 Å². The average Bonchev–Trinajstić information content (AvgIpc) is 2.79. The average molecular weight is 396 g/mol. The van der Waals surface area contributed by atoms with Crippen molar-refractivity contribution in [3.63, 3.8) is 0 Å². The minimum Gasteiger partial charge on any atom is -0.377 e. The first kappa shape index (κ1) is 20.4. The summed E-state index contributed by atoms with van der Waals surface area (Å²) in [5, 5.41) is 15.9. The highest BCUT2D eigenvalue weighted by molar-refractivity contribution is 5.38. The highest BCUT2D eigenvalue weighted by atomic mass is 16.3. The first-order valence-electron chi connectivity index (χ1n) is 10.7. The van der Waals surface area contributed by atoms with Gasteiger partial charge in [0.05, 0.1) is 0 Å². The van der Waals surface area contributed by atoms with Crippen molar-refractivity contribution in [2.45, 2.75) is 38.0 Å². The lowest BCUT2D eigenvalue weighted by atomic mass is 9.67. The fraction of sp³-hybridized carbons (Fsp3) is 0.286. The van der Waals surface area contributed by atoms with Crippen molar-refractivity contribution in [2.75, 3.05) is 0 Å². The van der Waals surface area contributed by atoms with Crippen LogP contribution >= 0.6 is 0 Å². The lowest BCUT2D eigenvalue weighted by Crippen LogP contribution is -2.54. The Labute approximate surface area is 180 Å². The molecule has 2 N–H and O–H groups in total. The van der Waals surface area contributed by atoms with Crippen LogP contribution in [0.3, 0.4) is 0 Å². The zero-order chi connectivity index (χ0) is 21.0. The van der Waals surface area contributed by atoms with E-state index in [0.717, 1.165) is 5.56 Å². The quantitative estimate of drug-likeness (QED) is 0.573. The molecule has 0 aliphatic carbocycles. The maximum absolute atomic E-state index is 12.0. The van der Waals surface area contributed by atoms with Crippen LogP contribution < -0.4 is 5.32 Å². The molecule has 30 heavy (non-hydrogen) atoms. The molecule has 0 spiro atoms. The van der Waals surface area contributed by atoms with E-state index in [1.54, 1.807) is 0 Å². The summed E-state index contributed by atoms with van der Waals surface area (Å²) in [6.45, 7) is 4.36. The van der Waals surface area contributed by atoms with Crippen LogP contribution in [0, 0.1) is 23.7 Å². The van der Waals surface area contributed by atoms with Crippen molar-refractivity contribution in [1.29, 1.82) is 0 Å².